The van der Waals surface area contributed by atoms with Crippen LogP contribution >= 0.6 is 12.2 Å². The van der Waals surface area contributed by atoms with Crippen LogP contribution in [0.2, 0.25) is 0 Å². The maximum atomic E-state index is 10.6. The van der Waals surface area contributed by atoms with E-state index in [2.05, 4.69) is 20.8 Å². The summed E-state index contributed by atoms with van der Waals surface area (Å²) in [4.78, 5) is 14.0. The van der Waals surface area contributed by atoms with E-state index in [1.807, 2.05) is 42.5 Å². The van der Waals surface area contributed by atoms with Gasteiger partial charge >= 0.3 is 0 Å². The highest BCUT2D eigenvalue weighted by Gasteiger charge is 2.06. The maximum absolute atomic E-state index is 10.6. The molecule has 1 aromatic heterocycles. The molecular weight excluding hydrogens is 390 g/mol. The van der Waals surface area contributed by atoms with Gasteiger partial charge in [-0.3, -0.25) is 15.5 Å². The first kappa shape index (κ1) is 19.9. The predicted molar refractivity (Wildman–Crippen MR) is 114 cm³/mol. The molecule has 146 valence electrons. The van der Waals surface area contributed by atoms with Crippen molar-refractivity contribution in [1.82, 2.24) is 15.7 Å². The molecule has 8 nitrogen and oxygen atoms in total. The number of pyridine rings is 1. The molecule has 0 aliphatic heterocycles. The van der Waals surface area contributed by atoms with Crippen LogP contribution in [0.25, 0.3) is 0 Å². The van der Waals surface area contributed by atoms with Gasteiger partial charge < -0.3 is 10.1 Å². The van der Waals surface area contributed by atoms with E-state index in [1.54, 1.807) is 18.3 Å². The summed E-state index contributed by atoms with van der Waals surface area (Å²) in [6.07, 6.45) is 2.78. The number of hydrogen-bond acceptors (Lipinski definition) is 6. The van der Waals surface area contributed by atoms with Gasteiger partial charge in [0, 0.05) is 18.7 Å². The lowest BCUT2D eigenvalue weighted by Gasteiger charge is -2.07. The summed E-state index contributed by atoms with van der Waals surface area (Å²) >= 11 is 5.18. The van der Waals surface area contributed by atoms with Crippen LogP contribution in [0.4, 0.5) is 5.69 Å². The predicted octanol–water partition coefficient (Wildman–Crippen LogP) is 3.78. The highest BCUT2D eigenvalue weighted by Crippen LogP contribution is 2.21. The van der Waals surface area contributed by atoms with Crippen LogP contribution in [0.15, 0.2) is 78.0 Å². The van der Waals surface area contributed by atoms with Crippen LogP contribution in [0.5, 0.6) is 11.6 Å². The Morgan fingerprint density at radius 2 is 1.90 bits per heavy atom. The molecule has 0 saturated heterocycles. The van der Waals surface area contributed by atoms with E-state index in [1.165, 1.54) is 12.1 Å². The summed E-state index contributed by atoms with van der Waals surface area (Å²) in [6, 6.07) is 19.8. The Morgan fingerprint density at radius 1 is 1.14 bits per heavy atom. The Balaban J connectivity index is 1.47. The van der Waals surface area contributed by atoms with Crippen molar-refractivity contribution in [2.24, 2.45) is 5.10 Å². The average molecular weight is 407 g/mol. The van der Waals surface area contributed by atoms with E-state index in [9.17, 15) is 10.1 Å². The van der Waals surface area contributed by atoms with Crippen LogP contribution in [0.1, 0.15) is 11.1 Å². The summed E-state index contributed by atoms with van der Waals surface area (Å²) in [5.41, 5.74) is 4.64. The van der Waals surface area contributed by atoms with Crippen molar-refractivity contribution in [2.75, 3.05) is 0 Å². The molecule has 0 aliphatic carbocycles. The summed E-state index contributed by atoms with van der Waals surface area (Å²) in [6.45, 7) is 0.616. The van der Waals surface area contributed by atoms with Crippen molar-refractivity contribution in [1.29, 1.82) is 0 Å². The number of hydrazone groups is 1. The van der Waals surface area contributed by atoms with Crippen molar-refractivity contribution in [2.45, 2.75) is 6.54 Å². The first-order valence-corrected chi connectivity index (χ1v) is 9.00. The average Bonchev–Trinajstić information content (AvgIpc) is 2.75. The molecular formula is C20H17N5O3S. The number of benzene rings is 2. The summed E-state index contributed by atoms with van der Waals surface area (Å²) in [5.74, 6) is 0.824. The standard InChI is InChI=1S/C20H17N5O3S/c26-25(27)17-8-11-19(21-14-17)28-18-9-6-16(7-10-18)13-23-24-20(29)22-12-15-4-2-1-3-5-15/h1-11,13-14H,12H2,(H2,22,24,29)/b23-13+. The lowest BCUT2D eigenvalue weighted by atomic mass is 10.2. The van der Waals surface area contributed by atoms with Gasteiger partial charge in [0.1, 0.15) is 11.9 Å². The molecule has 0 spiro atoms. The van der Waals surface area contributed by atoms with Gasteiger partial charge in [-0.25, -0.2) is 4.98 Å². The molecule has 0 radical (unpaired) electrons. The van der Waals surface area contributed by atoms with E-state index in [0.717, 1.165) is 17.3 Å². The second-order valence-electron chi connectivity index (χ2n) is 5.82. The summed E-state index contributed by atoms with van der Waals surface area (Å²) < 4.78 is 5.56. The molecule has 2 N–H and O–H groups in total. The number of nitrogens with one attached hydrogen (secondary N) is 2. The van der Waals surface area contributed by atoms with E-state index in [0.29, 0.717) is 17.4 Å². The number of aromatic nitrogens is 1. The highest BCUT2D eigenvalue weighted by atomic mass is 32.1. The molecule has 3 rings (SSSR count). The molecule has 0 fully saturated rings. The Hall–Kier alpha value is -3.85. The topological polar surface area (TPSA) is 102 Å². The fourth-order valence-corrected chi connectivity index (χ4v) is 2.39. The molecule has 1 heterocycles. The van der Waals surface area contributed by atoms with Gasteiger partial charge in [0.15, 0.2) is 5.11 Å². The maximum Gasteiger partial charge on any atom is 0.287 e. The van der Waals surface area contributed by atoms with Gasteiger partial charge in [-0.15, -0.1) is 0 Å². The SMILES string of the molecule is O=[N+]([O-])c1ccc(Oc2ccc(/C=N/NC(=S)NCc3ccccc3)cc2)nc1. The minimum Gasteiger partial charge on any atom is -0.439 e. The summed E-state index contributed by atoms with van der Waals surface area (Å²) in [7, 11) is 0. The Morgan fingerprint density at radius 3 is 2.55 bits per heavy atom. The smallest absolute Gasteiger partial charge is 0.287 e. The van der Waals surface area contributed by atoms with Crippen LogP contribution in [0, 0.1) is 10.1 Å². The molecule has 9 heteroatoms. The molecule has 0 aliphatic rings. The first-order valence-electron chi connectivity index (χ1n) is 8.59. The second-order valence-corrected chi connectivity index (χ2v) is 6.23. The number of hydrogen-bond donors (Lipinski definition) is 2. The Kier molecular flexibility index (Phi) is 6.80. The molecule has 29 heavy (non-hydrogen) atoms. The highest BCUT2D eigenvalue weighted by molar-refractivity contribution is 7.80. The zero-order valence-electron chi connectivity index (χ0n) is 15.2. The van der Waals surface area contributed by atoms with Gasteiger partial charge in [-0.05, 0) is 47.6 Å². The third kappa shape index (κ3) is 6.36. The molecule has 0 amide bonds. The van der Waals surface area contributed by atoms with Crippen LogP contribution in [-0.4, -0.2) is 21.2 Å². The van der Waals surface area contributed by atoms with Gasteiger partial charge in [-0.1, -0.05) is 30.3 Å². The van der Waals surface area contributed by atoms with Crippen molar-refractivity contribution in [3.8, 4) is 11.6 Å². The Bertz CT molecular complexity index is 993. The molecule has 2 aromatic carbocycles. The molecule has 0 bridgehead atoms. The minimum atomic E-state index is -0.512. The molecule has 3 aromatic rings. The summed E-state index contributed by atoms with van der Waals surface area (Å²) in [5, 5.41) is 18.2. The lowest BCUT2D eigenvalue weighted by molar-refractivity contribution is -0.385. The van der Waals surface area contributed by atoms with Crippen LogP contribution in [0.3, 0.4) is 0 Å². The molecule has 0 atom stereocenters. The van der Waals surface area contributed by atoms with E-state index in [4.69, 9.17) is 17.0 Å². The second kappa shape index (κ2) is 9.90. The van der Waals surface area contributed by atoms with Gasteiger partial charge in [0.2, 0.25) is 5.88 Å². The lowest BCUT2D eigenvalue weighted by Crippen LogP contribution is -2.31. The molecule has 0 unspecified atom stereocenters. The van der Waals surface area contributed by atoms with E-state index < -0.39 is 4.92 Å². The van der Waals surface area contributed by atoms with Gasteiger partial charge in [0.05, 0.1) is 11.1 Å². The number of nitro groups is 1. The zero-order chi connectivity index (χ0) is 20.5. The first-order chi connectivity index (χ1) is 14.1. The zero-order valence-corrected chi connectivity index (χ0v) is 16.0. The van der Waals surface area contributed by atoms with Crippen molar-refractivity contribution < 1.29 is 9.66 Å². The van der Waals surface area contributed by atoms with Crippen LogP contribution in [-0.2, 0) is 6.54 Å². The minimum absolute atomic E-state index is 0.0902. The van der Waals surface area contributed by atoms with Crippen LogP contribution < -0.4 is 15.5 Å². The van der Waals surface area contributed by atoms with Crippen molar-refractivity contribution in [3.63, 3.8) is 0 Å². The quantitative estimate of drug-likeness (QED) is 0.266. The number of ether oxygens (including phenoxy) is 1. The monoisotopic (exact) mass is 407 g/mol. The third-order valence-corrected chi connectivity index (χ3v) is 3.95. The fourth-order valence-electron chi connectivity index (χ4n) is 2.27. The number of rotatable bonds is 7. The largest absolute Gasteiger partial charge is 0.439 e. The Labute approximate surface area is 172 Å². The fraction of sp³-hybridized carbons (Fsp3) is 0.0500. The molecule has 0 saturated carbocycles. The van der Waals surface area contributed by atoms with Gasteiger partial charge in [0.25, 0.3) is 5.69 Å². The number of nitrogens with zero attached hydrogens (tertiary/aromatic N) is 3. The number of thiocarbonyl (C=S) groups is 1. The van der Waals surface area contributed by atoms with E-state index in [-0.39, 0.29) is 11.6 Å². The van der Waals surface area contributed by atoms with Gasteiger partial charge in [-0.2, -0.15) is 5.10 Å². The normalized spacial score (nSPS) is 10.5. The van der Waals surface area contributed by atoms with Crippen molar-refractivity contribution in [3.05, 3.63) is 94.2 Å². The third-order valence-electron chi connectivity index (χ3n) is 3.71. The van der Waals surface area contributed by atoms with E-state index >= 15 is 0 Å². The van der Waals surface area contributed by atoms with Crippen molar-refractivity contribution >= 4 is 29.2 Å².